The Bertz CT molecular complexity index is 861. The van der Waals surface area contributed by atoms with Gasteiger partial charge in [0, 0.05) is 18.7 Å². The number of carbonyl (C=O) groups is 1. The third-order valence-corrected chi connectivity index (χ3v) is 4.91. The number of hydrogen-bond acceptors (Lipinski definition) is 3. The van der Waals surface area contributed by atoms with Crippen LogP contribution in [0, 0.1) is 19.7 Å². The molecular formula is C18H21FN2O3S. The van der Waals surface area contributed by atoms with Crippen LogP contribution in [-0.4, -0.2) is 27.1 Å². The quantitative estimate of drug-likeness (QED) is 0.856. The molecule has 0 aliphatic rings. The van der Waals surface area contributed by atoms with Crippen molar-refractivity contribution < 1.29 is 17.6 Å². The Morgan fingerprint density at radius 3 is 2.28 bits per heavy atom. The number of sulfonamides is 1. The highest BCUT2D eigenvalue weighted by molar-refractivity contribution is 7.92. The number of rotatable bonds is 6. The van der Waals surface area contributed by atoms with E-state index in [1.54, 1.807) is 6.07 Å². The monoisotopic (exact) mass is 364 g/mol. The largest absolute Gasteiger partial charge is 0.326 e. The van der Waals surface area contributed by atoms with Gasteiger partial charge in [0.25, 0.3) is 0 Å². The molecule has 5 nitrogen and oxygen atoms in total. The molecule has 2 rings (SSSR count). The molecule has 1 amide bonds. The lowest BCUT2D eigenvalue weighted by Crippen LogP contribution is -2.34. The summed E-state index contributed by atoms with van der Waals surface area (Å²) in [6.45, 7) is 3.66. The van der Waals surface area contributed by atoms with Gasteiger partial charge in [-0.25, -0.2) is 12.8 Å². The summed E-state index contributed by atoms with van der Waals surface area (Å²) in [5, 5.41) is 2.57. The number of amides is 1. The van der Waals surface area contributed by atoms with E-state index in [9.17, 15) is 17.6 Å². The van der Waals surface area contributed by atoms with Crippen LogP contribution in [-0.2, 0) is 14.8 Å². The van der Waals surface area contributed by atoms with E-state index in [1.807, 2.05) is 32.0 Å². The minimum atomic E-state index is -3.54. The number of nitrogens with zero attached hydrogens (tertiary/aromatic N) is 1. The second-order valence-corrected chi connectivity index (χ2v) is 7.79. The van der Waals surface area contributed by atoms with Crippen molar-refractivity contribution in [1.29, 1.82) is 0 Å². The number of para-hydroxylation sites is 1. The predicted molar refractivity (Wildman–Crippen MR) is 97.8 cm³/mol. The Morgan fingerprint density at radius 2 is 1.72 bits per heavy atom. The van der Waals surface area contributed by atoms with E-state index in [0.717, 1.165) is 17.4 Å². The number of hydrogen-bond donors (Lipinski definition) is 1. The molecule has 25 heavy (non-hydrogen) atoms. The number of carbonyl (C=O) groups excluding carboxylic acids is 1. The van der Waals surface area contributed by atoms with Crippen molar-refractivity contribution in [3.8, 4) is 0 Å². The molecule has 1 N–H and O–H groups in total. The van der Waals surface area contributed by atoms with Crippen LogP contribution in [0.1, 0.15) is 17.5 Å². The first-order valence-corrected chi connectivity index (χ1v) is 9.62. The minimum absolute atomic E-state index is 0.00563. The molecule has 0 saturated carbocycles. The maximum atomic E-state index is 13.2. The predicted octanol–water partition coefficient (Wildman–Crippen LogP) is 3.24. The van der Waals surface area contributed by atoms with Crippen LogP contribution in [0.5, 0.6) is 0 Å². The Morgan fingerprint density at radius 1 is 1.12 bits per heavy atom. The fraction of sp³-hybridized carbons (Fsp3) is 0.278. The third-order valence-electron chi connectivity index (χ3n) is 3.74. The number of anilines is 2. The van der Waals surface area contributed by atoms with Gasteiger partial charge in [-0.05, 0) is 43.2 Å². The molecule has 0 heterocycles. The molecule has 7 heteroatoms. The number of halogens is 1. The Kier molecular flexibility index (Phi) is 5.79. The van der Waals surface area contributed by atoms with E-state index in [0.29, 0.717) is 11.4 Å². The first-order valence-electron chi connectivity index (χ1n) is 7.78. The standard InChI is InChI=1S/C18H21FN2O3S/c1-13-6-4-7-14(2)18(13)21(25(3,23)24)11-10-17(22)20-16-9-5-8-15(19)12-16/h4-9,12H,10-11H2,1-3H3,(H,20,22). The van der Waals surface area contributed by atoms with Crippen LogP contribution in [0.15, 0.2) is 42.5 Å². The van der Waals surface area contributed by atoms with Crippen LogP contribution >= 0.6 is 0 Å². The molecule has 0 aliphatic heterocycles. The highest BCUT2D eigenvalue weighted by Crippen LogP contribution is 2.27. The summed E-state index contributed by atoms with van der Waals surface area (Å²) < 4.78 is 38.8. The SMILES string of the molecule is Cc1cccc(C)c1N(CCC(=O)Nc1cccc(F)c1)S(C)(=O)=O. The molecule has 0 aliphatic carbocycles. The molecule has 134 valence electrons. The summed E-state index contributed by atoms with van der Waals surface area (Å²) in [7, 11) is -3.54. The first-order chi connectivity index (χ1) is 11.7. The Hall–Kier alpha value is -2.41. The summed E-state index contributed by atoms with van der Waals surface area (Å²) in [5.41, 5.74) is 2.55. The molecule has 0 fully saturated rings. The van der Waals surface area contributed by atoms with Gasteiger partial charge in [-0.2, -0.15) is 0 Å². The normalized spacial score (nSPS) is 11.2. The van der Waals surface area contributed by atoms with E-state index < -0.39 is 15.8 Å². The molecular weight excluding hydrogens is 343 g/mol. The fourth-order valence-corrected chi connectivity index (χ4v) is 3.68. The van der Waals surface area contributed by atoms with Gasteiger partial charge >= 0.3 is 0 Å². The second-order valence-electron chi connectivity index (χ2n) is 5.88. The summed E-state index contributed by atoms with van der Waals surface area (Å²) >= 11 is 0. The van der Waals surface area contributed by atoms with Gasteiger partial charge in [0.1, 0.15) is 5.82 Å². The molecule has 0 radical (unpaired) electrons. The van der Waals surface area contributed by atoms with Gasteiger partial charge < -0.3 is 5.32 Å². The van der Waals surface area contributed by atoms with Gasteiger partial charge in [-0.3, -0.25) is 9.10 Å². The van der Waals surface area contributed by atoms with Crippen molar-refractivity contribution in [1.82, 2.24) is 0 Å². The van der Waals surface area contributed by atoms with Gasteiger partial charge in [-0.15, -0.1) is 0 Å². The van der Waals surface area contributed by atoms with Crippen molar-refractivity contribution in [3.05, 3.63) is 59.4 Å². The zero-order valence-electron chi connectivity index (χ0n) is 14.4. The molecule has 2 aromatic carbocycles. The first kappa shape index (κ1) is 18.9. The minimum Gasteiger partial charge on any atom is -0.326 e. The molecule has 0 atom stereocenters. The van der Waals surface area contributed by atoms with Gasteiger partial charge in [0.15, 0.2) is 0 Å². The van der Waals surface area contributed by atoms with Crippen LogP contribution in [0.4, 0.5) is 15.8 Å². The highest BCUT2D eigenvalue weighted by atomic mass is 32.2. The lowest BCUT2D eigenvalue weighted by atomic mass is 10.1. The summed E-state index contributed by atoms with van der Waals surface area (Å²) in [4.78, 5) is 12.1. The number of benzene rings is 2. The molecule has 0 unspecified atom stereocenters. The zero-order valence-corrected chi connectivity index (χ0v) is 15.2. The van der Waals surface area contributed by atoms with E-state index in [2.05, 4.69) is 5.32 Å². The van der Waals surface area contributed by atoms with Crippen LogP contribution < -0.4 is 9.62 Å². The average molecular weight is 364 g/mol. The van der Waals surface area contributed by atoms with Crippen molar-refractivity contribution in [3.63, 3.8) is 0 Å². The third kappa shape index (κ3) is 5.03. The summed E-state index contributed by atoms with van der Waals surface area (Å²) in [6.07, 6.45) is 1.07. The molecule has 0 saturated heterocycles. The van der Waals surface area contributed by atoms with Crippen LogP contribution in [0.2, 0.25) is 0 Å². The van der Waals surface area contributed by atoms with Crippen molar-refractivity contribution in [2.75, 3.05) is 22.4 Å². The summed E-state index contributed by atoms with van der Waals surface area (Å²) in [6, 6.07) is 11.1. The Labute approximate surface area is 147 Å². The molecule has 0 aromatic heterocycles. The average Bonchev–Trinajstić information content (AvgIpc) is 2.48. The summed E-state index contributed by atoms with van der Waals surface area (Å²) in [5.74, 6) is -0.836. The van der Waals surface area contributed by atoms with Gasteiger partial charge in [0.05, 0.1) is 11.9 Å². The Balaban J connectivity index is 2.15. The van der Waals surface area contributed by atoms with Gasteiger partial charge in [-0.1, -0.05) is 24.3 Å². The van der Waals surface area contributed by atoms with E-state index in [-0.39, 0.29) is 18.9 Å². The van der Waals surface area contributed by atoms with E-state index in [1.165, 1.54) is 22.5 Å². The van der Waals surface area contributed by atoms with E-state index >= 15 is 0 Å². The van der Waals surface area contributed by atoms with Crippen LogP contribution in [0.25, 0.3) is 0 Å². The maximum absolute atomic E-state index is 13.2. The van der Waals surface area contributed by atoms with Crippen molar-refractivity contribution in [2.24, 2.45) is 0 Å². The lowest BCUT2D eigenvalue weighted by Gasteiger charge is -2.25. The number of aryl methyl sites for hydroxylation is 2. The number of nitrogens with one attached hydrogen (secondary N) is 1. The van der Waals surface area contributed by atoms with Gasteiger partial charge in [0.2, 0.25) is 15.9 Å². The van der Waals surface area contributed by atoms with E-state index in [4.69, 9.17) is 0 Å². The fourth-order valence-electron chi connectivity index (χ4n) is 2.64. The molecule has 0 bridgehead atoms. The topological polar surface area (TPSA) is 66.5 Å². The molecule has 2 aromatic rings. The second kappa shape index (κ2) is 7.65. The van der Waals surface area contributed by atoms with Crippen LogP contribution in [0.3, 0.4) is 0 Å². The highest BCUT2D eigenvalue weighted by Gasteiger charge is 2.21. The smallest absolute Gasteiger partial charge is 0.232 e. The van der Waals surface area contributed by atoms with Crippen molar-refractivity contribution >= 4 is 27.3 Å². The molecule has 0 spiro atoms. The lowest BCUT2D eigenvalue weighted by molar-refractivity contribution is -0.116. The maximum Gasteiger partial charge on any atom is 0.232 e. The van der Waals surface area contributed by atoms with Crippen molar-refractivity contribution in [2.45, 2.75) is 20.3 Å². The zero-order chi connectivity index (χ0) is 18.6.